The van der Waals surface area contributed by atoms with Gasteiger partial charge in [0.25, 0.3) is 0 Å². The molecule has 0 unspecified atom stereocenters. The highest BCUT2D eigenvalue weighted by Crippen LogP contribution is 2.27. The second-order valence-corrected chi connectivity index (χ2v) is 6.01. The van der Waals surface area contributed by atoms with Gasteiger partial charge in [-0.1, -0.05) is 71.6 Å². The number of hydrogen-bond donors (Lipinski definition) is 0. The molecule has 0 amide bonds. The van der Waals surface area contributed by atoms with Crippen LogP contribution >= 0.6 is 0 Å². The van der Waals surface area contributed by atoms with Gasteiger partial charge in [-0.05, 0) is 25.7 Å². The molecule has 0 N–H and O–H groups in total. The summed E-state index contributed by atoms with van der Waals surface area (Å²) in [4.78, 5) is 0. The molecule has 1 rings (SSSR count). The lowest BCUT2D eigenvalue weighted by Crippen LogP contribution is -2.10. The molecule has 2 atom stereocenters. The number of unbranched alkanes of at least 4 members (excludes halogenated alkanes) is 7. The summed E-state index contributed by atoms with van der Waals surface area (Å²) in [5.74, 6) is 0. The molecular formula is C17H34O. The van der Waals surface area contributed by atoms with Crippen LogP contribution in [0.1, 0.15) is 97.3 Å². The number of ether oxygens (including phenoxy) is 1. The Morgan fingerprint density at radius 2 is 1.11 bits per heavy atom. The predicted octanol–water partition coefficient (Wildman–Crippen LogP) is 5.86. The molecule has 0 bridgehead atoms. The van der Waals surface area contributed by atoms with Gasteiger partial charge in [0.05, 0.1) is 12.2 Å². The van der Waals surface area contributed by atoms with E-state index in [4.69, 9.17) is 4.74 Å². The fourth-order valence-electron chi connectivity index (χ4n) is 2.98. The van der Waals surface area contributed by atoms with Gasteiger partial charge in [-0.3, -0.25) is 0 Å². The van der Waals surface area contributed by atoms with E-state index in [0.29, 0.717) is 12.2 Å². The summed E-state index contributed by atoms with van der Waals surface area (Å²) in [6.45, 7) is 4.56. The number of hydrogen-bond acceptors (Lipinski definition) is 1. The van der Waals surface area contributed by atoms with Gasteiger partial charge in [0.1, 0.15) is 0 Å². The van der Waals surface area contributed by atoms with E-state index in [1.807, 2.05) is 0 Å². The molecule has 0 radical (unpaired) electrons. The molecule has 1 heteroatoms. The average Bonchev–Trinajstić information content (AvgIpc) is 2.82. The van der Waals surface area contributed by atoms with E-state index in [0.717, 1.165) is 0 Å². The van der Waals surface area contributed by atoms with Crippen LogP contribution in [-0.2, 0) is 4.74 Å². The van der Waals surface area contributed by atoms with Gasteiger partial charge in [-0.15, -0.1) is 0 Å². The lowest BCUT2D eigenvalue weighted by Gasteiger charge is -2.13. The van der Waals surface area contributed by atoms with Gasteiger partial charge in [0, 0.05) is 0 Å². The van der Waals surface area contributed by atoms with Crippen LogP contribution in [0, 0.1) is 0 Å². The molecule has 18 heavy (non-hydrogen) atoms. The quantitative estimate of drug-likeness (QED) is 0.419. The summed E-state index contributed by atoms with van der Waals surface area (Å²) in [5.41, 5.74) is 0. The van der Waals surface area contributed by atoms with E-state index in [2.05, 4.69) is 13.8 Å². The molecule has 0 aromatic rings. The first-order valence-corrected chi connectivity index (χ1v) is 8.52. The third kappa shape index (κ3) is 7.41. The normalized spacial score (nSPS) is 23.7. The summed E-state index contributed by atoms with van der Waals surface area (Å²) in [5, 5.41) is 0. The van der Waals surface area contributed by atoms with E-state index in [1.54, 1.807) is 0 Å². The zero-order chi connectivity index (χ0) is 13.1. The summed E-state index contributed by atoms with van der Waals surface area (Å²) in [7, 11) is 0. The van der Waals surface area contributed by atoms with Crippen LogP contribution in [-0.4, -0.2) is 12.2 Å². The molecule has 0 aromatic carbocycles. The Labute approximate surface area is 115 Å². The maximum Gasteiger partial charge on any atom is 0.0579 e. The SMILES string of the molecule is CCCCCCC[C@@H]1CC[C@H](CCCCCC)O1. The largest absolute Gasteiger partial charge is 0.375 e. The van der Waals surface area contributed by atoms with Gasteiger partial charge >= 0.3 is 0 Å². The van der Waals surface area contributed by atoms with Crippen molar-refractivity contribution in [1.82, 2.24) is 0 Å². The first-order valence-electron chi connectivity index (χ1n) is 8.52. The van der Waals surface area contributed by atoms with Gasteiger partial charge in [-0.25, -0.2) is 0 Å². The van der Waals surface area contributed by atoms with Crippen molar-refractivity contribution in [1.29, 1.82) is 0 Å². The summed E-state index contributed by atoms with van der Waals surface area (Å²) in [6, 6.07) is 0. The fourth-order valence-corrected chi connectivity index (χ4v) is 2.98. The number of rotatable bonds is 11. The van der Waals surface area contributed by atoms with Crippen LogP contribution in [0.5, 0.6) is 0 Å². The van der Waals surface area contributed by atoms with Crippen molar-refractivity contribution in [2.75, 3.05) is 0 Å². The molecule has 0 aromatic heterocycles. The van der Waals surface area contributed by atoms with Crippen LogP contribution < -0.4 is 0 Å². The van der Waals surface area contributed by atoms with E-state index >= 15 is 0 Å². The second kappa shape index (κ2) is 10.8. The van der Waals surface area contributed by atoms with Crippen LogP contribution in [0.15, 0.2) is 0 Å². The fraction of sp³-hybridized carbons (Fsp3) is 1.00. The van der Waals surface area contributed by atoms with Crippen molar-refractivity contribution in [3.63, 3.8) is 0 Å². The van der Waals surface area contributed by atoms with E-state index in [9.17, 15) is 0 Å². The molecule has 1 aliphatic heterocycles. The Hall–Kier alpha value is -0.0400. The summed E-state index contributed by atoms with van der Waals surface area (Å²) in [6.07, 6.45) is 19.0. The lowest BCUT2D eigenvalue weighted by atomic mass is 10.0. The Balaban J connectivity index is 1.92. The smallest absolute Gasteiger partial charge is 0.0579 e. The molecule has 0 aliphatic carbocycles. The monoisotopic (exact) mass is 254 g/mol. The zero-order valence-corrected chi connectivity index (χ0v) is 12.8. The van der Waals surface area contributed by atoms with Crippen LogP contribution in [0.2, 0.25) is 0 Å². The van der Waals surface area contributed by atoms with Gasteiger partial charge < -0.3 is 4.74 Å². The highest BCUT2D eigenvalue weighted by atomic mass is 16.5. The Morgan fingerprint density at radius 1 is 0.667 bits per heavy atom. The molecular weight excluding hydrogens is 220 g/mol. The molecule has 1 nitrogen and oxygen atoms in total. The minimum atomic E-state index is 0.600. The lowest BCUT2D eigenvalue weighted by molar-refractivity contribution is 0.0335. The molecule has 0 spiro atoms. The van der Waals surface area contributed by atoms with Crippen molar-refractivity contribution in [3.05, 3.63) is 0 Å². The maximum absolute atomic E-state index is 6.15. The van der Waals surface area contributed by atoms with E-state index < -0.39 is 0 Å². The minimum absolute atomic E-state index is 0.600. The third-order valence-corrected chi connectivity index (χ3v) is 4.20. The molecule has 1 heterocycles. The first kappa shape index (κ1) is 16.0. The maximum atomic E-state index is 6.15. The van der Waals surface area contributed by atoms with E-state index in [1.165, 1.54) is 83.5 Å². The molecule has 1 fully saturated rings. The molecule has 0 saturated carbocycles. The Morgan fingerprint density at radius 3 is 1.61 bits per heavy atom. The molecule has 1 aliphatic rings. The topological polar surface area (TPSA) is 9.23 Å². The molecule has 1 saturated heterocycles. The first-order chi connectivity index (χ1) is 8.86. The van der Waals surface area contributed by atoms with Crippen LogP contribution in [0.4, 0.5) is 0 Å². The standard InChI is InChI=1S/C17H34O/c1-3-5-7-9-11-13-17-15-14-16(18-17)12-10-8-6-4-2/h16-17H,3-15H2,1-2H3/t16-,17+/m0/s1. The van der Waals surface area contributed by atoms with Crippen molar-refractivity contribution < 1.29 is 4.74 Å². The second-order valence-electron chi connectivity index (χ2n) is 6.01. The van der Waals surface area contributed by atoms with Crippen LogP contribution in [0.3, 0.4) is 0 Å². The predicted molar refractivity (Wildman–Crippen MR) is 80.0 cm³/mol. The van der Waals surface area contributed by atoms with Gasteiger partial charge in [0.2, 0.25) is 0 Å². The minimum Gasteiger partial charge on any atom is -0.375 e. The van der Waals surface area contributed by atoms with Crippen LogP contribution in [0.25, 0.3) is 0 Å². The summed E-state index contributed by atoms with van der Waals surface area (Å²) < 4.78 is 6.15. The van der Waals surface area contributed by atoms with E-state index in [-0.39, 0.29) is 0 Å². The van der Waals surface area contributed by atoms with Gasteiger partial charge in [0.15, 0.2) is 0 Å². The highest BCUT2D eigenvalue weighted by molar-refractivity contribution is 4.73. The van der Waals surface area contributed by atoms with Crippen molar-refractivity contribution in [3.8, 4) is 0 Å². The Kier molecular flexibility index (Phi) is 9.65. The summed E-state index contributed by atoms with van der Waals surface area (Å²) >= 11 is 0. The van der Waals surface area contributed by atoms with Crippen molar-refractivity contribution in [2.45, 2.75) is 110 Å². The third-order valence-electron chi connectivity index (χ3n) is 4.20. The average molecular weight is 254 g/mol. The zero-order valence-electron chi connectivity index (χ0n) is 12.8. The Bertz CT molecular complexity index is 178. The van der Waals surface area contributed by atoms with Crippen molar-refractivity contribution in [2.24, 2.45) is 0 Å². The highest BCUT2D eigenvalue weighted by Gasteiger charge is 2.23. The van der Waals surface area contributed by atoms with Crippen molar-refractivity contribution >= 4 is 0 Å². The molecule has 108 valence electrons. The van der Waals surface area contributed by atoms with Gasteiger partial charge in [-0.2, -0.15) is 0 Å².